The van der Waals surface area contributed by atoms with E-state index in [0.717, 1.165) is 58.0 Å². The number of carbonyl (C=O) groups excluding carboxylic acids is 1. The van der Waals surface area contributed by atoms with Gasteiger partial charge in [0.1, 0.15) is 5.76 Å². The molecule has 2 aliphatic rings. The van der Waals surface area contributed by atoms with Crippen molar-refractivity contribution in [3.05, 3.63) is 23.1 Å². The summed E-state index contributed by atoms with van der Waals surface area (Å²) in [4.78, 5) is 19.1. The van der Waals surface area contributed by atoms with Crippen LogP contribution in [0.3, 0.4) is 0 Å². The van der Waals surface area contributed by atoms with Crippen LogP contribution in [0.5, 0.6) is 0 Å². The Balaban J connectivity index is 1.41. The summed E-state index contributed by atoms with van der Waals surface area (Å²) in [5.41, 5.74) is 0. The average molecular weight is 354 g/mol. The Hall–Kier alpha value is -1.04. The fourth-order valence-corrected chi connectivity index (χ4v) is 3.89. The zero-order valence-corrected chi connectivity index (χ0v) is 15.3. The van der Waals surface area contributed by atoms with Crippen LogP contribution in [0.1, 0.15) is 31.4 Å². The number of carbonyl (C=O) groups is 1. The van der Waals surface area contributed by atoms with E-state index < -0.39 is 0 Å². The van der Waals surface area contributed by atoms with Gasteiger partial charge >= 0.3 is 0 Å². The van der Waals surface area contributed by atoms with Gasteiger partial charge in [-0.25, -0.2) is 0 Å². The third kappa shape index (κ3) is 4.98. The maximum Gasteiger partial charge on any atom is 0.222 e. The molecule has 1 unspecified atom stereocenters. The highest BCUT2D eigenvalue weighted by molar-refractivity contribution is 6.28. The van der Waals surface area contributed by atoms with E-state index in [9.17, 15) is 4.79 Å². The van der Waals surface area contributed by atoms with Gasteiger partial charge in [-0.1, -0.05) is 0 Å². The molecule has 1 atom stereocenters. The van der Waals surface area contributed by atoms with E-state index in [4.69, 9.17) is 16.0 Å². The summed E-state index contributed by atoms with van der Waals surface area (Å²) >= 11 is 5.84. The van der Waals surface area contributed by atoms with Gasteiger partial charge in [-0.05, 0) is 62.5 Å². The summed E-state index contributed by atoms with van der Waals surface area (Å²) in [6, 6.07) is 3.75. The number of piperidine rings is 1. The standard InChI is InChI=1S/C18H28ClN3O2/c1-20-9-11-22(12-10-20)18(23)7-4-15-3-2-8-21(13-15)14-16-5-6-17(19)24-16/h5-6,15H,2-4,7-14H2,1H3. The predicted molar refractivity (Wildman–Crippen MR) is 95.0 cm³/mol. The van der Waals surface area contributed by atoms with Gasteiger partial charge in [0, 0.05) is 39.1 Å². The molecule has 0 spiro atoms. The summed E-state index contributed by atoms with van der Waals surface area (Å²) in [7, 11) is 2.12. The molecule has 2 saturated heterocycles. The molecule has 134 valence electrons. The molecule has 0 aliphatic carbocycles. The van der Waals surface area contributed by atoms with Crippen LogP contribution < -0.4 is 0 Å². The van der Waals surface area contributed by atoms with Crippen molar-refractivity contribution in [2.75, 3.05) is 46.3 Å². The van der Waals surface area contributed by atoms with E-state index in [1.54, 1.807) is 6.07 Å². The predicted octanol–water partition coefficient (Wildman–Crippen LogP) is 2.70. The normalized spacial score (nSPS) is 23.6. The van der Waals surface area contributed by atoms with Crippen LogP contribution in [0.2, 0.25) is 5.22 Å². The fourth-order valence-electron chi connectivity index (χ4n) is 3.73. The molecule has 0 radical (unpaired) electrons. The Morgan fingerprint density at radius 3 is 2.75 bits per heavy atom. The molecule has 24 heavy (non-hydrogen) atoms. The third-order valence-electron chi connectivity index (χ3n) is 5.23. The Bertz CT molecular complexity index is 540. The molecule has 3 rings (SSSR count). The molecule has 0 saturated carbocycles. The van der Waals surface area contributed by atoms with E-state index in [1.165, 1.54) is 12.8 Å². The quantitative estimate of drug-likeness (QED) is 0.816. The van der Waals surface area contributed by atoms with Crippen molar-refractivity contribution in [3.63, 3.8) is 0 Å². The van der Waals surface area contributed by atoms with E-state index in [1.807, 2.05) is 11.0 Å². The average Bonchev–Trinajstić information content (AvgIpc) is 2.98. The summed E-state index contributed by atoms with van der Waals surface area (Å²) in [6.07, 6.45) is 4.11. The third-order valence-corrected chi connectivity index (χ3v) is 5.44. The lowest BCUT2D eigenvalue weighted by atomic mass is 9.93. The molecule has 3 heterocycles. The van der Waals surface area contributed by atoms with Gasteiger partial charge in [-0.3, -0.25) is 9.69 Å². The van der Waals surface area contributed by atoms with Crippen molar-refractivity contribution in [1.29, 1.82) is 0 Å². The maximum atomic E-state index is 12.4. The molecular weight excluding hydrogens is 326 g/mol. The lowest BCUT2D eigenvalue weighted by molar-refractivity contribution is -0.133. The van der Waals surface area contributed by atoms with Crippen molar-refractivity contribution in [2.45, 2.75) is 32.2 Å². The Kier molecular flexibility index (Phi) is 6.19. The Morgan fingerprint density at radius 2 is 2.04 bits per heavy atom. The number of piperazine rings is 1. The number of furan rings is 1. The molecule has 1 amide bonds. The molecule has 2 fully saturated rings. The lowest BCUT2D eigenvalue weighted by Crippen LogP contribution is -2.47. The van der Waals surface area contributed by atoms with E-state index in [-0.39, 0.29) is 0 Å². The van der Waals surface area contributed by atoms with Crippen LogP contribution in [0.15, 0.2) is 16.5 Å². The molecule has 0 N–H and O–H groups in total. The van der Waals surface area contributed by atoms with Crippen molar-refractivity contribution < 1.29 is 9.21 Å². The summed E-state index contributed by atoms with van der Waals surface area (Å²) < 4.78 is 5.47. The minimum absolute atomic E-state index is 0.332. The van der Waals surface area contributed by atoms with Crippen molar-refractivity contribution in [1.82, 2.24) is 14.7 Å². The number of amides is 1. The van der Waals surface area contributed by atoms with Crippen LogP contribution in [0.4, 0.5) is 0 Å². The smallest absolute Gasteiger partial charge is 0.222 e. The van der Waals surface area contributed by atoms with Crippen molar-refractivity contribution in [3.8, 4) is 0 Å². The van der Waals surface area contributed by atoms with E-state index in [0.29, 0.717) is 23.5 Å². The van der Waals surface area contributed by atoms with Crippen LogP contribution >= 0.6 is 11.6 Å². The molecule has 5 nitrogen and oxygen atoms in total. The first-order valence-electron chi connectivity index (χ1n) is 9.03. The van der Waals surface area contributed by atoms with Gasteiger partial charge in [0.15, 0.2) is 5.22 Å². The largest absolute Gasteiger partial charge is 0.448 e. The summed E-state index contributed by atoms with van der Waals surface area (Å²) in [6.45, 7) is 6.71. The molecular formula is C18H28ClN3O2. The van der Waals surface area contributed by atoms with Gasteiger partial charge in [0.25, 0.3) is 0 Å². The van der Waals surface area contributed by atoms with Gasteiger partial charge in [0.2, 0.25) is 5.91 Å². The van der Waals surface area contributed by atoms with Crippen LogP contribution in [0.25, 0.3) is 0 Å². The fraction of sp³-hybridized carbons (Fsp3) is 0.722. The van der Waals surface area contributed by atoms with Crippen LogP contribution in [-0.4, -0.2) is 66.9 Å². The van der Waals surface area contributed by atoms with Gasteiger partial charge in [-0.15, -0.1) is 0 Å². The molecule has 0 bridgehead atoms. The Morgan fingerprint density at radius 1 is 1.25 bits per heavy atom. The zero-order valence-electron chi connectivity index (χ0n) is 14.5. The molecule has 0 aromatic carbocycles. The number of hydrogen-bond acceptors (Lipinski definition) is 4. The van der Waals surface area contributed by atoms with E-state index >= 15 is 0 Å². The first-order chi connectivity index (χ1) is 11.6. The highest BCUT2D eigenvalue weighted by Gasteiger charge is 2.24. The molecule has 1 aromatic heterocycles. The minimum Gasteiger partial charge on any atom is -0.448 e. The topological polar surface area (TPSA) is 39.9 Å². The number of likely N-dealkylation sites (N-methyl/N-ethyl adjacent to an activating group) is 1. The first kappa shape index (κ1) is 17.8. The van der Waals surface area contributed by atoms with Crippen LogP contribution in [0, 0.1) is 5.92 Å². The zero-order chi connectivity index (χ0) is 16.9. The second-order valence-electron chi connectivity index (χ2n) is 7.17. The number of rotatable bonds is 5. The second-order valence-corrected chi connectivity index (χ2v) is 7.54. The van der Waals surface area contributed by atoms with Crippen LogP contribution in [-0.2, 0) is 11.3 Å². The monoisotopic (exact) mass is 353 g/mol. The molecule has 6 heteroatoms. The van der Waals surface area contributed by atoms with Gasteiger partial charge in [0.05, 0.1) is 6.54 Å². The highest BCUT2D eigenvalue weighted by atomic mass is 35.5. The summed E-state index contributed by atoms with van der Waals surface area (Å²) in [5, 5.41) is 0.455. The summed E-state index contributed by atoms with van der Waals surface area (Å²) in [5.74, 6) is 1.87. The lowest BCUT2D eigenvalue weighted by Gasteiger charge is -2.34. The van der Waals surface area contributed by atoms with Crippen molar-refractivity contribution in [2.24, 2.45) is 5.92 Å². The van der Waals surface area contributed by atoms with E-state index in [2.05, 4.69) is 16.8 Å². The first-order valence-corrected chi connectivity index (χ1v) is 9.41. The number of halogens is 1. The Labute approximate surface area is 149 Å². The number of hydrogen-bond donors (Lipinski definition) is 0. The maximum absolute atomic E-state index is 12.4. The highest BCUT2D eigenvalue weighted by Crippen LogP contribution is 2.24. The number of likely N-dealkylation sites (tertiary alicyclic amines) is 1. The molecule has 2 aliphatic heterocycles. The second kappa shape index (κ2) is 8.37. The number of nitrogens with zero attached hydrogens (tertiary/aromatic N) is 3. The minimum atomic E-state index is 0.332. The van der Waals surface area contributed by atoms with Crippen molar-refractivity contribution >= 4 is 17.5 Å². The SMILES string of the molecule is CN1CCN(C(=O)CCC2CCCN(Cc3ccc(Cl)o3)C2)CC1. The molecule has 1 aromatic rings. The van der Waals surface area contributed by atoms with Gasteiger partial charge in [-0.2, -0.15) is 0 Å². The van der Waals surface area contributed by atoms with Gasteiger partial charge < -0.3 is 14.2 Å².